The lowest BCUT2D eigenvalue weighted by Gasteiger charge is -2.04. The standard InChI is InChI=1S/C15H11ClN2OS/c16-11-7-5-10(6-8-11)13(19)9-18-12-3-1-2-4-14(12)20-15(18)17/h1-8,17H,9H2. The Bertz CT molecular complexity index is 833. The number of halogens is 1. The van der Waals surface area contributed by atoms with Gasteiger partial charge in [-0.25, -0.2) is 0 Å². The van der Waals surface area contributed by atoms with Crippen molar-refractivity contribution in [3.05, 3.63) is 63.9 Å². The SMILES string of the molecule is N=c1sc2ccccc2n1CC(=O)c1ccc(Cl)cc1. The van der Waals surface area contributed by atoms with Crippen molar-refractivity contribution in [1.82, 2.24) is 4.57 Å². The number of rotatable bonds is 3. The number of carbonyl (C=O) groups is 1. The number of para-hydroxylation sites is 1. The minimum Gasteiger partial charge on any atom is -0.309 e. The predicted octanol–water partition coefficient (Wildman–Crippen LogP) is 3.72. The molecule has 3 rings (SSSR count). The average Bonchev–Trinajstić information content (AvgIpc) is 2.76. The molecule has 0 aliphatic carbocycles. The molecule has 0 atom stereocenters. The number of carbonyl (C=O) groups excluding carboxylic acids is 1. The zero-order chi connectivity index (χ0) is 14.1. The zero-order valence-electron chi connectivity index (χ0n) is 10.5. The monoisotopic (exact) mass is 302 g/mol. The van der Waals surface area contributed by atoms with Gasteiger partial charge in [0.2, 0.25) is 0 Å². The fourth-order valence-electron chi connectivity index (χ4n) is 2.06. The first-order valence-corrected chi connectivity index (χ1v) is 7.26. The highest BCUT2D eigenvalue weighted by atomic mass is 35.5. The lowest BCUT2D eigenvalue weighted by Crippen LogP contribution is -2.19. The molecule has 0 aliphatic heterocycles. The summed E-state index contributed by atoms with van der Waals surface area (Å²) < 4.78 is 2.75. The number of benzene rings is 2. The molecule has 3 nitrogen and oxygen atoms in total. The number of nitrogens with one attached hydrogen (secondary N) is 1. The second kappa shape index (κ2) is 5.23. The van der Waals surface area contributed by atoms with Crippen molar-refractivity contribution in [3.63, 3.8) is 0 Å². The maximum atomic E-state index is 12.3. The van der Waals surface area contributed by atoms with E-state index in [2.05, 4.69) is 0 Å². The molecule has 0 fully saturated rings. The lowest BCUT2D eigenvalue weighted by molar-refractivity contribution is 0.0972. The van der Waals surface area contributed by atoms with E-state index in [0.29, 0.717) is 15.4 Å². The van der Waals surface area contributed by atoms with Gasteiger partial charge in [0.1, 0.15) is 0 Å². The molecule has 0 aliphatic rings. The van der Waals surface area contributed by atoms with Gasteiger partial charge < -0.3 is 4.57 Å². The molecule has 2 aromatic carbocycles. The van der Waals surface area contributed by atoms with Crippen molar-refractivity contribution in [1.29, 1.82) is 5.41 Å². The van der Waals surface area contributed by atoms with Gasteiger partial charge in [-0.15, -0.1) is 0 Å². The summed E-state index contributed by atoms with van der Waals surface area (Å²) in [5, 5.41) is 8.60. The van der Waals surface area contributed by atoms with Gasteiger partial charge in [-0.2, -0.15) is 0 Å². The summed E-state index contributed by atoms with van der Waals surface area (Å²) in [7, 11) is 0. The van der Waals surface area contributed by atoms with Crippen molar-refractivity contribution in [3.8, 4) is 0 Å². The fraction of sp³-hybridized carbons (Fsp3) is 0.0667. The molecule has 3 aromatic rings. The van der Waals surface area contributed by atoms with Crippen LogP contribution in [0.15, 0.2) is 48.5 Å². The number of Topliss-reactive ketones (excluding diaryl/α,β-unsaturated/α-hetero) is 1. The number of hydrogen-bond donors (Lipinski definition) is 1. The minimum atomic E-state index is -0.0243. The van der Waals surface area contributed by atoms with Crippen molar-refractivity contribution < 1.29 is 4.79 Å². The van der Waals surface area contributed by atoms with Crippen molar-refractivity contribution >= 4 is 38.9 Å². The van der Waals surface area contributed by atoms with Crippen LogP contribution in [0.25, 0.3) is 10.2 Å². The molecule has 1 aromatic heterocycles. The largest absolute Gasteiger partial charge is 0.309 e. The molecule has 0 amide bonds. The maximum Gasteiger partial charge on any atom is 0.183 e. The van der Waals surface area contributed by atoms with Gasteiger partial charge in [-0.1, -0.05) is 35.1 Å². The van der Waals surface area contributed by atoms with E-state index in [1.54, 1.807) is 28.8 Å². The second-order valence-electron chi connectivity index (χ2n) is 4.39. The number of hydrogen-bond acceptors (Lipinski definition) is 3. The second-order valence-corrected chi connectivity index (χ2v) is 5.86. The summed E-state index contributed by atoms with van der Waals surface area (Å²) in [6, 6.07) is 14.6. The lowest BCUT2D eigenvalue weighted by atomic mass is 10.1. The van der Waals surface area contributed by atoms with Crippen molar-refractivity contribution in [2.45, 2.75) is 6.54 Å². The molecule has 100 valence electrons. The van der Waals surface area contributed by atoms with Crippen LogP contribution in [-0.2, 0) is 6.54 Å². The average molecular weight is 303 g/mol. The van der Waals surface area contributed by atoms with Gasteiger partial charge in [-0.05, 0) is 36.4 Å². The number of nitrogens with zero attached hydrogens (tertiary/aromatic N) is 1. The van der Waals surface area contributed by atoms with Crippen LogP contribution in [0.4, 0.5) is 0 Å². The van der Waals surface area contributed by atoms with E-state index in [1.807, 2.05) is 24.3 Å². The van der Waals surface area contributed by atoms with E-state index in [0.717, 1.165) is 10.2 Å². The highest BCUT2D eigenvalue weighted by Crippen LogP contribution is 2.17. The van der Waals surface area contributed by atoms with E-state index < -0.39 is 0 Å². The van der Waals surface area contributed by atoms with Crippen LogP contribution >= 0.6 is 22.9 Å². The van der Waals surface area contributed by atoms with E-state index in [-0.39, 0.29) is 12.3 Å². The first kappa shape index (κ1) is 13.1. The number of fused-ring (bicyclic) bond motifs is 1. The Hall–Kier alpha value is -1.91. The molecule has 0 bridgehead atoms. The normalized spacial score (nSPS) is 10.8. The molecule has 0 spiro atoms. The van der Waals surface area contributed by atoms with Crippen LogP contribution in [0.5, 0.6) is 0 Å². The molecule has 0 saturated carbocycles. The van der Waals surface area contributed by atoms with Gasteiger partial charge in [0.05, 0.1) is 16.8 Å². The summed E-state index contributed by atoms with van der Waals surface area (Å²) in [5.74, 6) is -0.0243. The smallest absolute Gasteiger partial charge is 0.183 e. The van der Waals surface area contributed by atoms with Gasteiger partial charge in [0.25, 0.3) is 0 Å². The predicted molar refractivity (Wildman–Crippen MR) is 81.5 cm³/mol. The van der Waals surface area contributed by atoms with E-state index >= 15 is 0 Å². The Morgan fingerprint density at radius 2 is 1.85 bits per heavy atom. The van der Waals surface area contributed by atoms with Crippen LogP contribution in [0.2, 0.25) is 5.02 Å². The van der Waals surface area contributed by atoms with E-state index in [1.165, 1.54) is 11.3 Å². The summed E-state index contributed by atoms with van der Waals surface area (Å²) in [5.41, 5.74) is 1.53. The zero-order valence-corrected chi connectivity index (χ0v) is 12.0. The molecular formula is C15H11ClN2OS. The van der Waals surface area contributed by atoms with Crippen LogP contribution < -0.4 is 4.80 Å². The Kier molecular flexibility index (Phi) is 3.42. The molecular weight excluding hydrogens is 292 g/mol. The third-order valence-corrected chi connectivity index (χ3v) is 4.31. The van der Waals surface area contributed by atoms with Crippen LogP contribution in [0.1, 0.15) is 10.4 Å². The summed E-state index contributed by atoms with van der Waals surface area (Å²) in [6.45, 7) is 0.171. The first-order chi connectivity index (χ1) is 9.65. The molecule has 0 unspecified atom stereocenters. The molecule has 20 heavy (non-hydrogen) atoms. The van der Waals surface area contributed by atoms with Crippen molar-refractivity contribution in [2.75, 3.05) is 0 Å². The highest BCUT2D eigenvalue weighted by molar-refractivity contribution is 7.16. The molecule has 5 heteroatoms. The van der Waals surface area contributed by atoms with E-state index in [4.69, 9.17) is 17.0 Å². The number of aromatic nitrogens is 1. The summed E-state index contributed by atoms with van der Waals surface area (Å²) in [4.78, 5) is 12.7. The number of thiazole rings is 1. The van der Waals surface area contributed by atoms with Gasteiger partial charge in [0.15, 0.2) is 10.6 Å². The summed E-state index contributed by atoms with van der Waals surface area (Å²) in [6.07, 6.45) is 0. The molecule has 0 saturated heterocycles. The topological polar surface area (TPSA) is 45.9 Å². The van der Waals surface area contributed by atoms with Crippen molar-refractivity contribution in [2.24, 2.45) is 0 Å². The maximum absolute atomic E-state index is 12.3. The van der Waals surface area contributed by atoms with E-state index in [9.17, 15) is 4.79 Å². The third kappa shape index (κ3) is 2.40. The first-order valence-electron chi connectivity index (χ1n) is 6.07. The van der Waals surface area contributed by atoms with Gasteiger partial charge in [-0.3, -0.25) is 10.2 Å². The number of ketones is 1. The Morgan fingerprint density at radius 3 is 2.60 bits per heavy atom. The fourth-order valence-corrected chi connectivity index (χ4v) is 3.10. The van der Waals surface area contributed by atoms with Gasteiger partial charge in [0, 0.05) is 10.6 Å². The molecule has 0 radical (unpaired) electrons. The third-order valence-electron chi connectivity index (χ3n) is 3.08. The Labute approximate surface area is 124 Å². The summed E-state index contributed by atoms with van der Waals surface area (Å²) >= 11 is 7.19. The van der Waals surface area contributed by atoms with Crippen LogP contribution in [0.3, 0.4) is 0 Å². The van der Waals surface area contributed by atoms with Crippen LogP contribution in [0, 0.1) is 5.41 Å². The highest BCUT2D eigenvalue weighted by Gasteiger charge is 2.11. The Morgan fingerprint density at radius 1 is 1.15 bits per heavy atom. The van der Waals surface area contributed by atoms with Gasteiger partial charge >= 0.3 is 0 Å². The molecule has 1 heterocycles. The molecule has 1 N–H and O–H groups in total. The minimum absolute atomic E-state index is 0.0243. The van der Waals surface area contributed by atoms with Crippen LogP contribution in [-0.4, -0.2) is 10.4 Å². The Balaban J connectivity index is 1.97. The quantitative estimate of drug-likeness (QED) is 0.736.